The Morgan fingerprint density at radius 1 is 0.256 bits per heavy atom. The van der Waals surface area contributed by atoms with Gasteiger partial charge in [-0.15, -0.1) is 0 Å². The Bertz CT molecular complexity index is 1500. The third-order valence-corrected chi connectivity index (χ3v) is 15.9. The van der Waals surface area contributed by atoms with Gasteiger partial charge in [0, 0.05) is 19.3 Å². The summed E-state index contributed by atoms with van der Waals surface area (Å²) >= 11 is 0. The average molecular weight is 1150 g/mol. The van der Waals surface area contributed by atoms with Crippen LogP contribution in [0.1, 0.15) is 374 Å². The van der Waals surface area contributed by atoms with Crippen molar-refractivity contribution in [1.82, 2.24) is 0 Å². The number of allylic oxidation sites excluding steroid dienone is 12. The molecule has 0 rings (SSSR count). The summed E-state index contributed by atoms with van der Waals surface area (Å²) in [5.41, 5.74) is 0. The number of hydrogen-bond donors (Lipinski definition) is 0. The molecule has 0 amide bonds. The van der Waals surface area contributed by atoms with Crippen molar-refractivity contribution in [3.8, 4) is 0 Å². The summed E-state index contributed by atoms with van der Waals surface area (Å²) < 4.78 is 17.0. The van der Waals surface area contributed by atoms with Crippen molar-refractivity contribution < 1.29 is 28.6 Å². The second kappa shape index (κ2) is 70.3. The van der Waals surface area contributed by atoms with Crippen molar-refractivity contribution in [3.63, 3.8) is 0 Å². The lowest BCUT2D eigenvalue weighted by Gasteiger charge is -2.18. The van der Waals surface area contributed by atoms with Gasteiger partial charge in [-0.2, -0.15) is 0 Å². The summed E-state index contributed by atoms with van der Waals surface area (Å²) in [7, 11) is 0. The number of esters is 3. The van der Waals surface area contributed by atoms with E-state index in [2.05, 4.69) is 93.7 Å². The van der Waals surface area contributed by atoms with Gasteiger partial charge in [-0.1, -0.05) is 338 Å². The summed E-state index contributed by atoms with van der Waals surface area (Å²) in [6.45, 7) is 6.56. The van der Waals surface area contributed by atoms with Crippen molar-refractivity contribution in [1.29, 1.82) is 0 Å². The van der Waals surface area contributed by atoms with E-state index in [1.54, 1.807) is 0 Å². The van der Waals surface area contributed by atoms with Crippen LogP contribution in [-0.2, 0) is 28.6 Å². The van der Waals surface area contributed by atoms with Crippen LogP contribution >= 0.6 is 0 Å². The molecule has 0 heterocycles. The van der Waals surface area contributed by atoms with Crippen LogP contribution in [0.5, 0.6) is 0 Å². The van der Waals surface area contributed by atoms with Crippen LogP contribution in [0, 0.1) is 0 Å². The summed E-state index contributed by atoms with van der Waals surface area (Å²) in [5, 5.41) is 0. The number of ether oxygens (including phenoxy) is 3. The van der Waals surface area contributed by atoms with Crippen molar-refractivity contribution in [3.05, 3.63) is 72.9 Å². The minimum absolute atomic E-state index is 0.0732. The molecule has 0 aromatic carbocycles. The Kier molecular flexibility index (Phi) is 67.6. The van der Waals surface area contributed by atoms with Gasteiger partial charge in [0.15, 0.2) is 6.10 Å². The molecule has 6 heteroatoms. The van der Waals surface area contributed by atoms with Crippen LogP contribution in [-0.4, -0.2) is 37.2 Å². The first-order valence-electron chi connectivity index (χ1n) is 35.9. The molecule has 1 unspecified atom stereocenters. The highest BCUT2D eigenvalue weighted by atomic mass is 16.6. The second-order valence-electron chi connectivity index (χ2n) is 24.1. The molecular weight excluding hydrogens is 1010 g/mol. The van der Waals surface area contributed by atoms with Crippen LogP contribution in [0.3, 0.4) is 0 Å². The van der Waals surface area contributed by atoms with Crippen LogP contribution in [0.25, 0.3) is 0 Å². The third-order valence-electron chi connectivity index (χ3n) is 15.9. The highest BCUT2D eigenvalue weighted by Crippen LogP contribution is 2.18. The fourth-order valence-corrected chi connectivity index (χ4v) is 10.6. The van der Waals surface area contributed by atoms with Crippen LogP contribution in [0.4, 0.5) is 0 Å². The first-order valence-corrected chi connectivity index (χ1v) is 35.9. The fourth-order valence-electron chi connectivity index (χ4n) is 10.6. The number of unbranched alkanes of at least 4 members (excludes halogenated alkanes) is 43. The zero-order chi connectivity index (χ0) is 59.2. The first-order chi connectivity index (χ1) is 40.5. The van der Waals surface area contributed by atoms with Crippen molar-refractivity contribution >= 4 is 17.9 Å². The third kappa shape index (κ3) is 67.6. The maximum absolute atomic E-state index is 12.9. The van der Waals surface area contributed by atoms with Gasteiger partial charge in [0.05, 0.1) is 0 Å². The molecule has 0 saturated carbocycles. The monoisotopic (exact) mass is 1150 g/mol. The van der Waals surface area contributed by atoms with E-state index < -0.39 is 6.10 Å². The average Bonchev–Trinajstić information content (AvgIpc) is 3.47. The molecule has 1 atom stereocenters. The summed E-state index contributed by atoms with van der Waals surface area (Å²) in [5.74, 6) is -0.860. The van der Waals surface area contributed by atoms with Gasteiger partial charge in [-0.05, 0) is 89.9 Å². The predicted octanol–water partition coefficient (Wildman–Crippen LogP) is 24.8. The number of rotatable bonds is 66. The molecule has 0 spiro atoms. The quantitative estimate of drug-likeness (QED) is 0.0261. The maximum atomic E-state index is 12.9. The molecule has 0 bridgehead atoms. The van der Waals surface area contributed by atoms with Gasteiger partial charge < -0.3 is 14.2 Å². The highest BCUT2D eigenvalue weighted by molar-refractivity contribution is 5.71. The molecule has 476 valence electrons. The van der Waals surface area contributed by atoms with Gasteiger partial charge in [0.2, 0.25) is 0 Å². The molecule has 6 nitrogen and oxygen atoms in total. The van der Waals surface area contributed by atoms with Gasteiger partial charge in [-0.25, -0.2) is 0 Å². The standard InChI is InChI=1S/C76H136O6/c1-4-7-10-13-16-19-22-24-26-28-30-32-34-36-37-38-39-41-42-44-46-48-50-52-54-57-60-63-66-69-75(78)81-72-73(71-80-74(77)68-65-62-59-56-21-18-15-12-9-6-3)82-76(79)70-67-64-61-58-55-53-51-49-47-45-43-40-35-33-31-29-27-25-23-20-17-14-11-8-5-2/h8,11,17,20,25,27-28,30-31,33,40,43,73H,4-7,9-10,12-16,18-19,21-24,26,29,32,34-39,41-42,44-72H2,1-3H3/b11-8-,20-17-,27-25-,30-28-,33-31-,43-40-. The zero-order valence-electron chi connectivity index (χ0n) is 54.8. The van der Waals surface area contributed by atoms with E-state index in [0.29, 0.717) is 19.3 Å². The minimum atomic E-state index is -0.777. The van der Waals surface area contributed by atoms with E-state index in [1.807, 2.05) is 0 Å². The predicted molar refractivity (Wildman–Crippen MR) is 358 cm³/mol. The van der Waals surface area contributed by atoms with Crippen molar-refractivity contribution in [2.75, 3.05) is 13.2 Å². The van der Waals surface area contributed by atoms with E-state index >= 15 is 0 Å². The molecule has 0 aliphatic rings. The van der Waals surface area contributed by atoms with E-state index in [-0.39, 0.29) is 31.1 Å². The van der Waals surface area contributed by atoms with Crippen LogP contribution in [0.15, 0.2) is 72.9 Å². The fraction of sp³-hybridized carbons (Fsp3) is 0.803. The Balaban J connectivity index is 4.16. The van der Waals surface area contributed by atoms with Crippen LogP contribution < -0.4 is 0 Å². The molecule has 0 N–H and O–H groups in total. The van der Waals surface area contributed by atoms with E-state index in [0.717, 1.165) is 96.3 Å². The summed E-state index contributed by atoms with van der Waals surface area (Å²) in [4.78, 5) is 38.4. The lowest BCUT2D eigenvalue weighted by Crippen LogP contribution is -2.30. The highest BCUT2D eigenvalue weighted by Gasteiger charge is 2.19. The molecule has 0 aliphatic carbocycles. The van der Waals surface area contributed by atoms with Gasteiger partial charge in [0.25, 0.3) is 0 Å². The molecule has 0 aromatic rings. The summed E-state index contributed by atoms with van der Waals surface area (Å²) in [6.07, 6.45) is 92.3. The molecule has 0 saturated heterocycles. The van der Waals surface area contributed by atoms with Crippen molar-refractivity contribution in [2.45, 2.75) is 380 Å². The van der Waals surface area contributed by atoms with Gasteiger partial charge >= 0.3 is 17.9 Å². The minimum Gasteiger partial charge on any atom is -0.462 e. The summed E-state index contributed by atoms with van der Waals surface area (Å²) in [6, 6.07) is 0. The largest absolute Gasteiger partial charge is 0.462 e. The Morgan fingerprint density at radius 3 is 0.756 bits per heavy atom. The van der Waals surface area contributed by atoms with Crippen LogP contribution in [0.2, 0.25) is 0 Å². The van der Waals surface area contributed by atoms with E-state index in [9.17, 15) is 14.4 Å². The molecule has 0 aliphatic heterocycles. The Labute approximate surface area is 510 Å². The topological polar surface area (TPSA) is 78.9 Å². The number of carbonyl (C=O) groups excluding carboxylic acids is 3. The van der Waals surface area contributed by atoms with Gasteiger partial charge in [0.1, 0.15) is 13.2 Å². The van der Waals surface area contributed by atoms with E-state index in [1.165, 1.54) is 238 Å². The number of hydrogen-bond acceptors (Lipinski definition) is 6. The molecule has 0 fully saturated rings. The normalized spacial score (nSPS) is 12.5. The molecular formula is C76H136O6. The molecule has 0 radical (unpaired) electrons. The lowest BCUT2D eigenvalue weighted by atomic mass is 10.0. The number of carbonyl (C=O) groups is 3. The maximum Gasteiger partial charge on any atom is 0.306 e. The van der Waals surface area contributed by atoms with Crippen molar-refractivity contribution in [2.24, 2.45) is 0 Å². The zero-order valence-corrected chi connectivity index (χ0v) is 54.8. The Morgan fingerprint density at radius 2 is 0.476 bits per heavy atom. The smallest absolute Gasteiger partial charge is 0.306 e. The first kappa shape index (κ1) is 78.8. The Hall–Kier alpha value is -3.15. The lowest BCUT2D eigenvalue weighted by molar-refractivity contribution is -0.167. The second-order valence-corrected chi connectivity index (χ2v) is 24.1. The SMILES string of the molecule is CC/C=C\C/C=C\C/C=C\C/C=C\C/C=C\CCCCCCCCCCCC(=O)OC(COC(=O)CCCCCCCCCCCC)COC(=O)CCCCCCCCCCCCCCCCCCC/C=C\CCCCCCCCCC. The molecule has 0 aromatic heterocycles. The van der Waals surface area contributed by atoms with Gasteiger partial charge in [-0.3, -0.25) is 14.4 Å². The van der Waals surface area contributed by atoms with E-state index in [4.69, 9.17) is 14.2 Å². The molecule has 82 heavy (non-hydrogen) atoms.